The fourth-order valence-corrected chi connectivity index (χ4v) is 4.25. The highest BCUT2D eigenvalue weighted by molar-refractivity contribution is 7.91. The Morgan fingerprint density at radius 2 is 1.56 bits per heavy atom. The molecule has 0 spiro atoms. The van der Waals surface area contributed by atoms with Crippen LogP contribution in [-0.4, -0.2) is 14.2 Å². The summed E-state index contributed by atoms with van der Waals surface area (Å²) in [6, 6.07) is 12.0. The molecule has 0 unspecified atom stereocenters. The van der Waals surface area contributed by atoms with Gasteiger partial charge in [-0.3, -0.25) is 0 Å². The van der Waals surface area contributed by atoms with Gasteiger partial charge < -0.3 is 0 Å². The summed E-state index contributed by atoms with van der Waals surface area (Å²) in [5, 5.41) is 0. The highest BCUT2D eigenvalue weighted by atomic mass is 32.2. The molecule has 0 bridgehead atoms. The molecule has 0 aliphatic carbocycles. The SMILES string of the molecule is CCCCCCS(=O)(=O)c1ccc(-c2ccccc2)cc1C(F)(F)F. The van der Waals surface area contributed by atoms with Gasteiger partial charge in [-0.25, -0.2) is 8.42 Å². The molecule has 25 heavy (non-hydrogen) atoms. The van der Waals surface area contributed by atoms with E-state index < -0.39 is 26.5 Å². The molecule has 2 rings (SSSR count). The maximum Gasteiger partial charge on any atom is 0.417 e. The summed E-state index contributed by atoms with van der Waals surface area (Å²) in [5.41, 5.74) is -0.137. The van der Waals surface area contributed by atoms with Crippen molar-refractivity contribution in [2.75, 3.05) is 5.75 Å². The lowest BCUT2D eigenvalue weighted by molar-refractivity contribution is -0.139. The zero-order valence-electron chi connectivity index (χ0n) is 14.0. The van der Waals surface area contributed by atoms with Gasteiger partial charge in [0.1, 0.15) is 0 Å². The van der Waals surface area contributed by atoms with Crippen molar-refractivity contribution >= 4 is 9.84 Å². The molecular weight excluding hydrogens is 349 g/mol. The zero-order valence-corrected chi connectivity index (χ0v) is 14.8. The number of halogens is 3. The first-order valence-corrected chi connectivity index (χ1v) is 9.90. The number of hydrogen-bond donors (Lipinski definition) is 0. The lowest BCUT2D eigenvalue weighted by Crippen LogP contribution is -2.16. The third-order valence-corrected chi connectivity index (χ3v) is 5.85. The van der Waals surface area contributed by atoms with Crippen LogP contribution in [0, 0.1) is 0 Å². The summed E-state index contributed by atoms with van der Waals surface area (Å²) in [4.78, 5) is -0.629. The number of alkyl halides is 3. The topological polar surface area (TPSA) is 34.1 Å². The Bertz CT molecular complexity index is 797. The largest absolute Gasteiger partial charge is 0.417 e. The van der Waals surface area contributed by atoms with Gasteiger partial charge in [0.2, 0.25) is 0 Å². The molecule has 0 aliphatic rings. The molecule has 0 aromatic heterocycles. The van der Waals surface area contributed by atoms with Crippen molar-refractivity contribution in [2.24, 2.45) is 0 Å². The maximum atomic E-state index is 13.5. The van der Waals surface area contributed by atoms with E-state index in [0.29, 0.717) is 24.0 Å². The van der Waals surface area contributed by atoms with E-state index in [1.807, 2.05) is 6.92 Å². The van der Waals surface area contributed by atoms with Crippen molar-refractivity contribution < 1.29 is 21.6 Å². The minimum absolute atomic E-state index is 0.263. The molecule has 0 saturated carbocycles. The van der Waals surface area contributed by atoms with Crippen LogP contribution in [0.1, 0.15) is 38.2 Å². The maximum absolute atomic E-state index is 13.5. The first-order chi connectivity index (χ1) is 11.8. The number of hydrogen-bond acceptors (Lipinski definition) is 2. The van der Waals surface area contributed by atoms with Gasteiger partial charge in [-0.1, -0.05) is 62.6 Å². The average molecular weight is 370 g/mol. The summed E-state index contributed by atoms with van der Waals surface area (Å²) >= 11 is 0. The van der Waals surface area contributed by atoms with E-state index in [4.69, 9.17) is 0 Å². The highest BCUT2D eigenvalue weighted by Gasteiger charge is 2.37. The summed E-state index contributed by atoms with van der Waals surface area (Å²) in [5.74, 6) is -0.263. The monoisotopic (exact) mass is 370 g/mol. The highest BCUT2D eigenvalue weighted by Crippen LogP contribution is 2.37. The molecule has 0 aliphatic heterocycles. The number of benzene rings is 2. The number of unbranched alkanes of at least 4 members (excludes halogenated alkanes) is 3. The fourth-order valence-electron chi connectivity index (χ4n) is 2.66. The summed E-state index contributed by atoms with van der Waals surface area (Å²) in [7, 11) is -3.97. The average Bonchev–Trinajstić information content (AvgIpc) is 2.58. The molecule has 0 heterocycles. The first-order valence-electron chi connectivity index (χ1n) is 8.25. The van der Waals surface area contributed by atoms with Gasteiger partial charge in [0, 0.05) is 0 Å². The van der Waals surface area contributed by atoms with Gasteiger partial charge in [-0.15, -0.1) is 0 Å². The van der Waals surface area contributed by atoms with Crippen molar-refractivity contribution in [1.82, 2.24) is 0 Å². The molecule has 0 saturated heterocycles. The molecule has 2 aromatic carbocycles. The third kappa shape index (κ3) is 5.08. The zero-order chi connectivity index (χ0) is 18.5. The van der Waals surface area contributed by atoms with E-state index in [1.54, 1.807) is 30.3 Å². The van der Waals surface area contributed by atoms with Crippen molar-refractivity contribution in [2.45, 2.75) is 43.7 Å². The van der Waals surface area contributed by atoms with Crippen LogP contribution >= 0.6 is 0 Å². The third-order valence-electron chi connectivity index (χ3n) is 3.99. The van der Waals surface area contributed by atoms with Crippen LogP contribution in [0.2, 0.25) is 0 Å². The van der Waals surface area contributed by atoms with E-state index in [2.05, 4.69) is 0 Å². The van der Waals surface area contributed by atoms with Crippen LogP contribution in [0.25, 0.3) is 11.1 Å². The fraction of sp³-hybridized carbons (Fsp3) is 0.368. The normalized spacial score (nSPS) is 12.3. The van der Waals surface area contributed by atoms with E-state index in [-0.39, 0.29) is 5.75 Å². The second-order valence-electron chi connectivity index (χ2n) is 5.95. The van der Waals surface area contributed by atoms with Crippen molar-refractivity contribution in [1.29, 1.82) is 0 Å². The second-order valence-corrected chi connectivity index (χ2v) is 8.03. The van der Waals surface area contributed by atoms with Crippen LogP contribution in [0.4, 0.5) is 13.2 Å². The minimum Gasteiger partial charge on any atom is -0.224 e. The minimum atomic E-state index is -4.73. The molecule has 0 radical (unpaired) electrons. The number of rotatable bonds is 7. The predicted octanol–water partition coefficient (Wildman–Crippen LogP) is 5.73. The van der Waals surface area contributed by atoms with Gasteiger partial charge in [-0.05, 0) is 29.7 Å². The molecule has 0 atom stereocenters. The lowest BCUT2D eigenvalue weighted by atomic mass is 10.0. The summed E-state index contributed by atoms with van der Waals surface area (Å²) in [6.45, 7) is 1.98. The summed E-state index contributed by atoms with van der Waals surface area (Å²) in [6.07, 6.45) is -1.86. The van der Waals surface area contributed by atoms with Gasteiger partial charge >= 0.3 is 6.18 Å². The van der Waals surface area contributed by atoms with Crippen LogP contribution < -0.4 is 0 Å². The Labute approximate surface area is 146 Å². The molecule has 2 nitrogen and oxygen atoms in total. The smallest absolute Gasteiger partial charge is 0.224 e. The Kier molecular flexibility index (Phi) is 6.27. The molecule has 0 N–H and O–H groups in total. The Balaban J connectivity index is 2.41. The molecule has 136 valence electrons. The van der Waals surface area contributed by atoms with Crippen LogP contribution in [-0.2, 0) is 16.0 Å². The van der Waals surface area contributed by atoms with E-state index in [1.165, 1.54) is 6.07 Å². The Morgan fingerprint density at radius 3 is 2.16 bits per heavy atom. The molecule has 2 aromatic rings. The van der Waals surface area contributed by atoms with Gasteiger partial charge in [-0.2, -0.15) is 13.2 Å². The van der Waals surface area contributed by atoms with Gasteiger partial charge in [0.05, 0.1) is 16.2 Å². The predicted molar refractivity (Wildman–Crippen MR) is 93.1 cm³/mol. The summed E-state index contributed by atoms with van der Waals surface area (Å²) < 4.78 is 65.2. The van der Waals surface area contributed by atoms with Crippen molar-refractivity contribution in [3.8, 4) is 11.1 Å². The second kappa shape index (κ2) is 8.04. The lowest BCUT2D eigenvalue weighted by Gasteiger charge is -2.15. The van der Waals surface area contributed by atoms with Crippen LogP contribution in [0.3, 0.4) is 0 Å². The van der Waals surface area contributed by atoms with E-state index in [9.17, 15) is 21.6 Å². The van der Waals surface area contributed by atoms with E-state index >= 15 is 0 Å². The molecular formula is C19H21F3O2S. The van der Waals surface area contributed by atoms with Crippen LogP contribution in [0.15, 0.2) is 53.4 Å². The standard InChI is InChI=1S/C19H21F3O2S/c1-2-3-4-8-13-25(23,24)18-12-11-16(14-17(18)19(20,21)22)15-9-6-5-7-10-15/h5-7,9-12,14H,2-4,8,13H2,1H3. The number of sulfone groups is 1. The van der Waals surface area contributed by atoms with Crippen LogP contribution in [0.5, 0.6) is 0 Å². The molecule has 0 amide bonds. The van der Waals surface area contributed by atoms with Crippen molar-refractivity contribution in [3.05, 3.63) is 54.1 Å². The first kappa shape index (κ1) is 19.5. The Morgan fingerprint density at radius 1 is 0.880 bits per heavy atom. The molecule has 0 fully saturated rings. The Hall–Kier alpha value is -1.82. The quantitative estimate of drug-likeness (QED) is 0.584. The molecule has 6 heteroatoms. The van der Waals surface area contributed by atoms with E-state index in [0.717, 1.165) is 25.0 Å². The van der Waals surface area contributed by atoms with Crippen molar-refractivity contribution in [3.63, 3.8) is 0 Å². The van der Waals surface area contributed by atoms with Gasteiger partial charge in [0.25, 0.3) is 0 Å². The van der Waals surface area contributed by atoms with Gasteiger partial charge in [0.15, 0.2) is 9.84 Å².